The molecule has 0 aliphatic heterocycles. The lowest BCUT2D eigenvalue weighted by Gasteiger charge is -2.17. The average Bonchev–Trinajstić information content (AvgIpc) is 2.45. The fourth-order valence-electron chi connectivity index (χ4n) is 0.886. The van der Waals surface area contributed by atoms with Gasteiger partial charge in [-0.15, -0.1) is 0 Å². The van der Waals surface area contributed by atoms with E-state index in [1.54, 1.807) is 0 Å². The highest BCUT2D eigenvalue weighted by Crippen LogP contribution is 2.18. The van der Waals surface area contributed by atoms with Crippen molar-refractivity contribution in [1.82, 2.24) is 5.32 Å². The van der Waals surface area contributed by atoms with Crippen molar-refractivity contribution in [2.75, 3.05) is 6.54 Å². The van der Waals surface area contributed by atoms with Crippen LogP contribution in [0.15, 0.2) is 0 Å². The van der Waals surface area contributed by atoms with Gasteiger partial charge in [0.25, 0.3) is 0 Å². The summed E-state index contributed by atoms with van der Waals surface area (Å²) in [5.41, 5.74) is 5.80. The van der Waals surface area contributed by atoms with Crippen LogP contribution in [0, 0.1) is 0 Å². The molecule has 0 saturated heterocycles. The van der Waals surface area contributed by atoms with Gasteiger partial charge in [0.1, 0.15) is 0 Å². The first-order valence-corrected chi connectivity index (χ1v) is 4.10. The fourth-order valence-corrected chi connectivity index (χ4v) is 0.886. The molecule has 2 heteroatoms. The summed E-state index contributed by atoms with van der Waals surface area (Å²) in [6.07, 6.45) is 3.81. The Kier molecular flexibility index (Phi) is 2.32. The van der Waals surface area contributed by atoms with Crippen molar-refractivity contribution in [3.05, 3.63) is 0 Å². The standard InChI is InChI=1S/C8H18N2/c1-8(2,9)5-6-10-7-3-4-7/h7,10H,3-6,9H2,1-2H3. The molecule has 1 aliphatic carbocycles. The van der Waals surface area contributed by atoms with Crippen LogP contribution in [0.2, 0.25) is 0 Å². The fraction of sp³-hybridized carbons (Fsp3) is 1.00. The van der Waals surface area contributed by atoms with E-state index in [1.165, 1.54) is 12.8 Å². The second-order valence-electron chi connectivity index (χ2n) is 3.97. The summed E-state index contributed by atoms with van der Waals surface area (Å²) in [5.74, 6) is 0. The first kappa shape index (κ1) is 8.02. The number of rotatable bonds is 4. The van der Waals surface area contributed by atoms with E-state index in [-0.39, 0.29) is 5.54 Å². The quantitative estimate of drug-likeness (QED) is 0.611. The summed E-state index contributed by atoms with van der Waals surface area (Å²) in [7, 11) is 0. The van der Waals surface area contributed by atoms with E-state index >= 15 is 0 Å². The lowest BCUT2D eigenvalue weighted by molar-refractivity contribution is 0.454. The van der Waals surface area contributed by atoms with E-state index < -0.39 is 0 Å². The van der Waals surface area contributed by atoms with Crippen LogP contribution in [-0.2, 0) is 0 Å². The monoisotopic (exact) mass is 142 g/mol. The number of hydrogen-bond acceptors (Lipinski definition) is 2. The summed E-state index contributed by atoms with van der Waals surface area (Å²) in [6.45, 7) is 5.22. The van der Waals surface area contributed by atoms with Gasteiger partial charge in [0.15, 0.2) is 0 Å². The summed E-state index contributed by atoms with van der Waals surface area (Å²) in [6, 6.07) is 0.822. The first-order valence-electron chi connectivity index (χ1n) is 4.10. The van der Waals surface area contributed by atoms with Gasteiger partial charge >= 0.3 is 0 Å². The van der Waals surface area contributed by atoms with E-state index in [2.05, 4.69) is 19.2 Å². The molecule has 1 aliphatic rings. The predicted octanol–water partition coefficient (Wildman–Crippen LogP) is 0.866. The van der Waals surface area contributed by atoms with Gasteiger partial charge in [0.05, 0.1) is 0 Å². The van der Waals surface area contributed by atoms with Crippen molar-refractivity contribution in [3.63, 3.8) is 0 Å². The molecule has 2 nitrogen and oxygen atoms in total. The largest absolute Gasteiger partial charge is 0.326 e. The van der Waals surface area contributed by atoms with Crippen LogP contribution in [0.25, 0.3) is 0 Å². The van der Waals surface area contributed by atoms with Crippen LogP contribution < -0.4 is 11.1 Å². The SMILES string of the molecule is CC(C)(N)CCNC1CC1. The highest BCUT2D eigenvalue weighted by Gasteiger charge is 2.20. The smallest absolute Gasteiger partial charge is 0.0109 e. The molecule has 1 fully saturated rings. The zero-order valence-electron chi connectivity index (χ0n) is 6.98. The second-order valence-corrected chi connectivity index (χ2v) is 3.97. The Morgan fingerprint density at radius 3 is 2.50 bits per heavy atom. The van der Waals surface area contributed by atoms with Crippen molar-refractivity contribution >= 4 is 0 Å². The molecule has 0 radical (unpaired) electrons. The molecule has 0 aromatic carbocycles. The Balaban J connectivity index is 1.93. The van der Waals surface area contributed by atoms with E-state index in [4.69, 9.17) is 5.73 Å². The maximum Gasteiger partial charge on any atom is 0.0109 e. The van der Waals surface area contributed by atoms with Crippen LogP contribution in [0.1, 0.15) is 33.1 Å². The van der Waals surface area contributed by atoms with Crippen LogP contribution in [0.3, 0.4) is 0 Å². The maximum atomic E-state index is 5.80. The van der Waals surface area contributed by atoms with E-state index in [1.807, 2.05) is 0 Å². The van der Waals surface area contributed by atoms with Crippen molar-refractivity contribution in [2.45, 2.75) is 44.7 Å². The maximum absolute atomic E-state index is 5.80. The van der Waals surface area contributed by atoms with Crippen LogP contribution in [0.4, 0.5) is 0 Å². The topological polar surface area (TPSA) is 38.0 Å². The third-order valence-electron chi connectivity index (χ3n) is 1.78. The van der Waals surface area contributed by atoms with Crippen LogP contribution >= 0.6 is 0 Å². The van der Waals surface area contributed by atoms with Gasteiger partial charge in [-0.1, -0.05) is 0 Å². The molecule has 0 aromatic heterocycles. The molecule has 0 aromatic rings. The van der Waals surface area contributed by atoms with Gasteiger partial charge in [0.2, 0.25) is 0 Å². The molecule has 0 bridgehead atoms. The van der Waals surface area contributed by atoms with E-state index in [0.29, 0.717) is 0 Å². The molecule has 0 spiro atoms. The normalized spacial score (nSPS) is 19.5. The lowest BCUT2D eigenvalue weighted by Crippen LogP contribution is -2.36. The van der Waals surface area contributed by atoms with Gasteiger partial charge in [0, 0.05) is 11.6 Å². The molecule has 1 rings (SSSR count). The molecule has 0 unspecified atom stereocenters. The Labute approximate surface area is 63.2 Å². The Morgan fingerprint density at radius 2 is 2.10 bits per heavy atom. The highest BCUT2D eigenvalue weighted by atomic mass is 14.9. The minimum Gasteiger partial charge on any atom is -0.326 e. The molecule has 0 amide bonds. The second kappa shape index (κ2) is 2.89. The number of nitrogens with two attached hydrogens (primary N) is 1. The van der Waals surface area contributed by atoms with E-state index in [9.17, 15) is 0 Å². The zero-order chi connectivity index (χ0) is 7.61. The van der Waals surface area contributed by atoms with Crippen LogP contribution in [-0.4, -0.2) is 18.1 Å². The van der Waals surface area contributed by atoms with Gasteiger partial charge in [-0.2, -0.15) is 0 Å². The molecule has 3 N–H and O–H groups in total. The van der Waals surface area contributed by atoms with Gasteiger partial charge in [-0.3, -0.25) is 0 Å². The highest BCUT2D eigenvalue weighted by molar-refractivity contribution is 4.82. The molecule has 1 saturated carbocycles. The molecule has 60 valence electrons. The third-order valence-corrected chi connectivity index (χ3v) is 1.78. The molecular formula is C8H18N2. The number of hydrogen-bond donors (Lipinski definition) is 2. The minimum absolute atomic E-state index is 0.00188. The van der Waals surface area contributed by atoms with E-state index in [0.717, 1.165) is 19.0 Å². The lowest BCUT2D eigenvalue weighted by atomic mass is 10.0. The van der Waals surface area contributed by atoms with Crippen molar-refractivity contribution in [2.24, 2.45) is 5.73 Å². The van der Waals surface area contributed by atoms with Crippen molar-refractivity contribution in [1.29, 1.82) is 0 Å². The zero-order valence-corrected chi connectivity index (χ0v) is 6.98. The number of nitrogens with one attached hydrogen (secondary N) is 1. The molecule has 0 atom stereocenters. The Hall–Kier alpha value is -0.0800. The summed E-state index contributed by atoms with van der Waals surface area (Å²) in [4.78, 5) is 0. The molecule has 0 heterocycles. The summed E-state index contributed by atoms with van der Waals surface area (Å²) < 4.78 is 0. The Bertz CT molecular complexity index is 100. The first-order chi connectivity index (χ1) is 4.58. The minimum atomic E-state index is 0.00188. The van der Waals surface area contributed by atoms with Gasteiger partial charge in [-0.25, -0.2) is 0 Å². The summed E-state index contributed by atoms with van der Waals surface area (Å²) in [5, 5.41) is 3.43. The Morgan fingerprint density at radius 1 is 1.50 bits per heavy atom. The molecule has 10 heavy (non-hydrogen) atoms. The average molecular weight is 142 g/mol. The molecular weight excluding hydrogens is 124 g/mol. The predicted molar refractivity (Wildman–Crippen MR) is 43.9 cm³/mol. The van der Waals surface area contributed by atoms with Crippen molar-refractivity contribution in [3.8, 4) is 0 Å². The van der Waals surface area contributed by atoms with Crippen molar-refractivity contribution < 1.29 is 0 Å². The summed E-state index contributed by atoms with van der Waals surface area (Å²) >= 11 is 0. The van der Waals surface area contributed by atoms with Crippen LogP contribution in [0.5, 0.6) is 0 Å². The van der Waals surface area contributed by atoms with Gasteiger partial charge < -0.3 is 11.1 Å². The van der Waals surface area contributed by atoms with Gasteiger partial charge in [-0.05, 0) is 39.7 Å². The third kappa shape index (κ3) is 3.85.